The number of carbonyl (C=O) groups is 3. The highest BCUT2D eigenvalue weighted by Crippen LogP contribution is 2.10. The molecule has 0 radical (unpaired) electrons. The van der Waals surface area contributed by atoms with E-state index in [-0.39, 0.29) is 31.0 Å². The van der Waals surface area contributed by atoms with Gasteiger partial charge in [0.15, 0.2) is 0 Å². The van der Waals surface area contributed by atoms with Crippen molar-refractivity contribution in [2.45, 2.75) is 33.7 Å². The molecule has 9 nitrogen and oxygen atoms in total. The van der Waals surface area contributed by atoms with E-state index >= 15 is 0 Å². The Bertz CT molecular complexity index is 1060. The Morgan fingerprint density at radius 2 is 1.50 bits per heavy atom. The lowest BCUT2D eigenvalue weighted by atomic mass is 10.2. The van der Waals surface area contributed by atoms with Gasteiger partial charge in [-0.25, -0.2) is 4.52 Å². The molecule has 0 saturated carbocycles. The Balaban J connectivity index is 1.73. The maximum atomic E-state index is 12.3. The summed E-state index contributed by atoms with van der Waals surface area (Å²) in [6.45, 7) is 5.03. The van der Waals surface area contributed by atoms with Crippen LogP contribution < -0.4 is 16.4 Å². The molecule has 0 bridgehead atoms. The summed E-state index contributed by atoms with van der Waals surface area (Å²) < 4.78 is 2.59. The largest absolute Gasteiger partial charge is 0.350 e. The van der Waals surface area contributed by atoms with E-state index < -0.39 is 17.4 Å². The molecular formula is C17H18N4O5. The minimum absolute atomic E-state index is 0.0141. The molecular weight excluding hydrogens is 340 g/mol. The molecule has 1 N–H and O–H groups in total. The number of rotatable bonds is 5. The van der Waals surface area contributed by atoms with E-state index in [1.165, 1.54) is 4.52 Å². The van der Waals surface area contributed by atoms with Crippen molar-refractivity contribution >= 4 is 17.7 Å². The van der Waals surface area contributed by atoms with Gasteiger partial charge in [0.25, 0.3) is 22.9 Å². The normalized spacial score (nSPS) is 14.0. The molecule has 0 aromatic carbocycles. The summed E-state index contributed by atoms with van der Waals surface area (Å²) in [5.74, 6) is -1.25. The highest BCUT2D eigenvalue weighted by Gasteiger charge is 2.24. The van der Waals surface area contributed by atoms with Gasteiger partial charge < -0.3 is 5.32 Å². The summed E-state index contributed by atoms with van der Waals surface area (Å²) in [6, 6.07) is 0. The molecule has 0 spiro atoms. The van der Waals surface area contributed by atoms with Gasteiger partial charge in [-0.2, -0.15) is 4.52 Å². The number of nitrogens with one attached hydrogen (secondary N) is 1. The molecule has 9 heteroatoms. The Hall–Kier alpha value is -3.23. The van der Waals surface area contributed by atoms with Gasteiger partial charge in [-0.05, 0) is 20.8 Å². The second-order valence-corrected chi connectivity index (χ2v) is 6.20. The summed E-state index contributed by atoms with van der Waals surface area (Å²) >= 11 is 0. The van der Waals surface area contributed by atoms with Crippen molar-refractivity contribution < 1.29 is 14.4 Å². The lowest BCUT2D eigenvalue weighted by Crippen LogP contribution is -2.34. The van der Waals surface area contributed by atoms with Crippen LogP contribution in [0.5, 0.6) is 0 Å². The van der Waals surface area contributed by atoms with E-state index in [2.05, 4.69) is 5.32 Å². The van der Waals surface area contributed by atoms with Crippen molar-refractivity contribution in [3.05, 3.63) is 55.4 Å². The number of carbonyl (C=O) groups excluding carboxylic acids is 3. The van der Waals surface area contributed by atoms with Crippen LogP contribution in [0, 0.1) is 20.8 Å². The summed E-state index contributed by atoms with van der Waals surface area (Å²) in [4.78, 5) is 60.4. The van der Waals surface area contributed by atoms with Gasteiger partial charge in [-0.15, -0.1) is 0 Å². The molecule has 0 aliphatic carbocycles. The summed E-state index contributed by atoms with van der Waals surface area (Å²) in [5.41, 5.74) is 1.26. The van der Waals surface area contributed by atoms with E-state index in [4.69, 9.17) is 0 Å². The molecule has 136 valence electrons. The van der Waals surface area contributed by atoms with Crippen LogP contribution in [0.25, 0.3) is 0 Å². The first kappa shape index (κ1) is 17.6. The molecule has 26 heavy (non-hydrogen) atoms. The van der Waals surface area contributed by atoms with Gasteiger partial charge in [0.2, 0.25) is 5.91 Å². The zero-order valence-electron chi connectivity index (χ0n) is 14.7. The fraction of sp³-hybridized carbons (Fsp3) is 0.353. The van der Waals surface area contributed by atoms with Crippen LogP contribution in [-0.2, 0) is 20.9 Å². The summed E-state index contributed by atoms with van der Waals surface area (Å²) in [7, 11) is 0. The Kier molecular flexibility index (Phi) is 4.23. The van der Waals surface area contributed by atoms with E-state index in [1.54, 1.807) is 20.8 Å². The standard InChI is InChI=1S/C17H18N4O5/c1-9-11(3)20-12(10(2)17(26)21(20)16(9)25)8-18-13(22)6-7-19-14(23)4-5-15(19)24/h4-5H,6-8H2,1-3H3,(H,18,22). The second-order valence-electron chi connectivity index (χ2n) is 6.20. The molecule has 3 rings (SSSR count). The van der Waals surface area contributed by atoms with Crippen molar-refractivity contribution in [1.82, 2.24) is 19.2 Å². The third-order valence-electron chi connectivity index (χ3n) is 4.69. The Morgan fingerprint density at radius 3 is 2.12 bits per heavy atom. The zero-order chi connectivity index (χ0) is 19.2. The molecule has 0 fully saturated rings. The number of aryl methyl sites for hydroxylation is 1. The highest BCUT2D eigenvalue weighted by atomic mass is 16.2. The average molecular weight is 358 g/mol. The fourth-order valence-electron chi connectivity index (χ4n) is 3.00. The van der Waals surface area contributed by atoms with Gasteiger partial charge in [0.1, 0.15) is 0 Å². The predicted octanol–water partition coefficient (Wildman–Crippen LogP) is -0.946. The smallest absolute Gasteiger partial charge is 0.277 e. The highest BCUT2D eigenvalue weighted by molar-refractivity contribution is 6.13. The van der Waals surface area contributed by atoms with E-state index in [9.17, 15) is 24.0 Å². The number of hydrogen-bond acceptors (Lipinski definition) is 5. The first-order valence-electron chi connectivity index (χ1n) is 8.10. The van der Waals surface area contributed by atoms with Crippen molar-refractivity contribution in [1.29, 1.82) is 0 Å². The van der Waals surface area contributed by atoms with Gasteiger partial charge >= 0.3 is 0 Å². The minimum atomic E-state index is -0.440. The minimum Gasteiger partial charge on any atom is -0.350 e. The van der Waals surface area contributed by atoms with Crippen LogP contribution >= 0.6 is 0 Å². The number of nitrogens with zero attached hydrogens (tertiary/aromatic N) is 3. The number of amides is 3. The molecule has 0 atom stereocenters. The summed E-state index contributed by atoms with van der Waals surface area (Å²) in [5, 5.41) is 2.67. The molecule has 1 aliphatic rings. The average Bonchev–Trinajstić information content (AvgIpc) is 3.14. The van der Waals surface area contributed by atoms with Gasteiger partial charge in [-0.3, -0.25) is 28.9 Å². The fourth-order valence-corrected chi connectivity index (χ4v) is 3.00. The number of hydrogen-bond donors (Lipinski definition) is 1. The van der Waals surface area contributed by atoms with Crippen LogP contribution in [0.4, 0.5) is 0 Å². The summed E-state index contributed by atoms with van der Waals surface area (Å²) in [6.07, 6.45) is 2.28. The van der Waals surface area contributed by atoms with Crippen LogP contribution in [0.3, 0.4) is 0 Å². The second kappa shape index (κ2) is 6.25. The quantitative estimate of drug-likeness (QED) is 0.694. The maximum Gasteiger partial charge on any atom is 0.277 e. The van der Waals surface area contributed by atoms with Crippen molar-refractivity contribution in [3.8, 4) is 0 Å². The van der Waals surface area contributed by atoms with Crippen molar-refractivity contribution in [3.63, 3.8) is 0 Å². The molecule has 2 aromatic heterocycles. The molecule has 2 aromatic rings. The van der Waals surface area contributed by atoms with Crippen LogP contribution in [0.2, 0.25) is 0 Å². The zero-order valence-corrected chi connectivity index (χ0v) is 14.7. The van der Waals surface area contributed by atoms with E-state index in [1.807, 2.05) is 0 Å². The van der Waals surface area contributed by atoms with Crippen molar-refractivity contribution in [2.75, 3.05) is 6.54 Å². The topological polar surface area (TPSA) is 109 Å². The molecule has 0 saturated heterocycles. The Morgan fingerprint density at radius 1 is 0.923 bits per heavy atom. The lowest BCUT2D eigenvalue weighted by Gasteiger charge is -2.13. The maximum absolute atomic E-state index is 12.3. The Labute approximate surface area is 147 Å². The number of imide groups is 1. The van der Waals surface area contributed by atoms with Crippen molar-refractivity contribution in [2.24, 2.45) is 0 Å². The first-order valence-corrected chi connectivity index (χ1v) is 8.10. The van der Waals surface area contributed by atoms with E-state index in [0.29, 0.717) is 22.5 Å². The molecule has 1 aliphatic heterocycles. The lowest BCUT2D eigenvalue weighted by molar-refractivity contribution is -0.137. The van der Waals surface area contributed by atoms with Gasteiger partial charge in [0.05, 0.1) is 12.2 Å². The SMILES string of the molecule is Cc1c(C)n2c(CNC(=O)CCN3C(=O)C=CC3=O)c(C)c(=O)n2c1=O. The number of aromatic nitrogens is 2. The molecule has 0 unspecified atom stereocenters. The van der Waals surface area contributed by atoms with Crippen LogP contribution in [0.15, 0.2) is 21.7 Å². The van der Waals surface area contributed by atoms with Crippen LogP contribution in [0.1, 0.15) is 28.9 Å². The van der Waals surface area contributed by atoms with E-state index in [0.717, 1.165) is 21.6 Å². The van der Waals surface area contributed by atoms with Crippen LogP contribution in [-0.4, -0.2) is 38.2 Å². The third kappa shape index (κ3) is 2.61. The molecule has 3 amide bonds. The first-order chi connectivity index (χ1) is 12.2. The molecule has 3 heterocycles. The third-order valence-corrected chi connectivity index (χ3v) is 4.69. The predicted molar refractivity (Wildman–Crippen MR) is 91.1 cm³/mol. The van der Waals surface area contributed by atoms with Gasteiger partial charge in [-0.1, -0.05) is 0 Å². The number of fused-ring (bicyclic) bond motifs is 1. The van der Waals surface area contributed by atoms with Gasteiger partial charge in [0, 0.05) is 41.9 Å². The monoisotopic (exact) mass is 358 g/mol.